The number of nitrogens with one attached hydrogen (secondary N) is 1. The fraction of sp³-hybridized carbons (Fsp3) is 1.00. The second kappa shape index (κ2) is 23.1. The molecule has 0 radical (unpaired) electrons. The average molecular weight is 147 g/mol. The van der Waals surface area contributed by atoms with Gasteiger partial charge in [0.25, 0.3) is 0 Å². The predicted molar refractivity (Wildman–Crippen MR) is 51.5 cm³/mol. The van der Waals surface area contributed by atoms with Crippen LogP contribution in [0.15, 0.2) is 0 Å². The van der Waals surface area contributed by atoms with Crippen molar-refractivity contribution in [1.82, 2.24) is 5.32 Å². The summed E-state index contributed by atoms with van der Waals surface area (Å²) in [6.45, 7) is 12.3. The van der Waals surface area contributed by atoms with E-state index < -0.39 is 0 Å². The van der Waals surface area contributed by atoms with Gasteiger partial charge in [-0.3, -0.25) is 0 Å². The quantitative estimate of drug-likeness (QED) is 0.633. The molecule has 0 fully saturated rings. The highest BCUT2D eigenvalue weighted by molar-refractivity contribution is 4.49. The summed E-state index contributed by atoms with van der Waals surface area (Å²) in [5.41, 5.74) is 0. The van der Waals surface area contributed by atoms with Gasteiger partial charge in [-0.15, -0.1) is 0 Å². The molecule has 0 saturated carbocycles. The minimum Gasteiger partial charge on any atom is -0.317 e. The van der Waals surface area contributed by atoms with Crippen molar-refractivity contribution < 1.29 is 0 Å². The van der Waals surface area contributed by atoms with E-state index in [1.54, 1.807) is 0 Å². The van der Waals surface area contributed by atoms with E-state index in [-0.39, 0.29) is 0 Å². The summed E-state index contributed by atoms with van der Waals surface area (Å²) in [7, 11) is 1.98. The summed E-state index contributed by atoms with van der Waals surface area (Å²) in [4.78, 5) is 0. The number of rotatable bonds is 2. The molecular weight excluding hydrogens is 122 g/mol. The van der Waals surface area contributed by atoms with Gasteiger partial charge in [-0.1, -0.05) is 34.6 Å². The molecule has 0 aliphatic carbocycles. The highest BCUT2D eigenvalue weighted by atomic mass is 14.8. The van der Waals surface area contributed by atoms with Crippen LogP contribution < -0.4 is 5.32 Å². The van der Waals surface area contributed by atoms with E-state index in [4.69, 9.17) is 0 Å². The molecule has 1 N–H and O–H groups in total. The molecule has 66 valence electrons. The van der Waals surface area contributed by atoms with Crippen LogP contribution in [-0.4, -0.2) is 13.1 Å². The number of hydrogen-bond donors (Lipinski definition) is 1. The molecule has 1 heteroatoms. The lowest BCUT2D eigenvalue weighted by molar-refractivity contribution is 0.593. The lowest BCUT2D eigenvalue weighted by atomic mass is 10.3. The molecule has 1 unspecified atom stereocenters. The van der Waals surface area contributed by atoms with Crippen LogP contribution in [0.5, 0.6) is 0 Å². The molecule has 0 aromatic carbocycles. The van der Waals surface area contributed by atoms with Gasteiger partial charge < -0.3 is 5.32 Å². The minimum atomic E-state index is 0.685. The van der Waals surface area contributed by atoms with Gasteiger partial charge in [0, 0.05) is 6.04 Å². The molecule has 1 nitrogen and oxygen atoms in total. The van der Waals surface area contributed by atoms with Crippen molar-refractivity contribution in [2.45, 2.75) is 54.0 Å². The first kappa shape index (κ1) is 16.5. The van der Waals surface area contributed by atoms with E-state index in [0.717, 1.165) is 0 Å². The Hall–Kier alpha value is -0.0400. The zero-order valence-corrected chi connectivity index (χ0v) is 8.78. The zero-order valence-electron chi connectivity index (χ0n) is 8.78. The van der Waals surface area contributed by atoms with E-state index in [9.17, 15) is 0 Å². The van der Waals surface area contributed by atoms with Gasteiger partial charge in [0.05, 0.1) is 0 Å². The summed E-state index contributed by atoms with van der Waals surface area (Å²) < 4.78 is 0. The molecule has 0 aromatic heterocycles. The number of hydrogen-bond acceptors (Lipinski definition) is 1. The van der Waals surface area contributed by atoms with Crippen LogP contribution in [0.25, 0.3) is 0 Å². The fourth-order valence-corrected chi connectivity index (χ4v) is 0.204. The molecule has 0 aliphatic rings. The fourth-order valence-electron chi connectivity index (χ4n) is 0.204. The molecule has 1 atom stereocenters. The molecule has 0 saturated heterocycles. The Bertz CT molecular complexity index is 23.9. The summed E-state index contributed by atoms with van der Waals surface area (Å²) in [6, 6.07) is 0.685. The highest BCUT2D eigenvalue weighted by Gasteiger charge is 1.86. The lowest BCUT2D eigenvalue weighted by Gasteiger charge is -2.02. The van der Waals surface area contributed by atoms with Crippen LogP contribution in [0.2, 0.25) is 0 Å². The Labute approximate surface area is 67.2 Å². The van der Waals surface area contributed by atoms with E-state index in [1.165, 1.54) is 6.42 Å². The lowest BCUT2D eigenvalue weighted by Crippen LogP contribution is -2.19. The van der Waals surface area contributed by atoms with Gasteiger partial charge >= 0.3 is 0 Å². The second-order valence-corrected chi connectivity index (χ2v) is 1.60. The Morgan fingerprint density at radius 3 is 1.40 bits per heavy atom. The SMILES string of the molecule is CC.CC.CCC(C)NC. The Morgan fingerprint density at radius 2 is 1.40 bits per heavy atom. The van der Waals surface area contributed by atoms with Crippen LogP contribution in [0.3, 0.4) is 0 Å². The van der Waals surface area contributed by atoms with E-state index >= 15 is 0 Å². The maximum absolute atomic E-state index is 3.11. The molecular formula is C9H25N. The van der Waals surface area contributed by atoms with Crippen molar-refractivity contribution in [3.05, 3.63) is 0 Å². The normalized spacial score (nSPS) is 9.90. The van der Waals surface area contributed by atoms with Crippen molar-refractivity contribution in [3.63, 3.8) is 0 Å². The maximum atomic E-state index is 3.11. The minimum absolute atomic E-state index is 0.685. The second-order valence-electron chi connectivity index (χ2n) is 1.60. The summed E-state index contributed by atoms with van der Waals surface area (Å²) in [5, 5.41) is 3.11. The molecule has 0 aromatic rings. The topological polar surface area (TPSA) is 12.0 Å². The van der Waals surface area contributed by atoms with Gasteiger partial charge in [-0.25, -0.2) is 0 Å². The molecule has 0 aliphatic heterocycles. The standard InChI is InChI=1S/C5H13N.2C2H6/c1-4-5(2)6-3;2*1-2/h5-6H,4H2,1-3H3;2*1-2H3. The van der Waals surface area contributed by atoms with Gasteiger partial charge in [0.2, 0.25) is 0 Å². The van der Waals surface area contributed by atoms with Crippen LogP contribution in [0, 0.1) is 0 Å². The maximum Gasteiger partial charge on any atom is 0.00331 e. The van der Waals surface area contributed by atoms with Gasteiger partial charge in [-0.05, 0) is 20.4 Å². The Kier molecular flexibility index (Phi) is 38.1. The van der Waals surface area contributed by atoms with Gasteiger partial charge in [-0.2, -0.15) is 0 Å². The van der Waals surface area contributed by atoms with Crippen LogP contribution in [-0.2, 0) is 0 Å². The van der Waals surface area contributed by atoms with Gasteiger partial charge in [0.15, 0.2) is 0 Å². The first-order valence-corrected chi connectivity index (χ1v) is 4.48. The summed E-state index contributed by atoms with van der Waals surface area (Å²) in [5.74, 6) is 0. The summed E-state index contributed by atoms with van der Waals surface area (Å²) >= 11 is 0. The molecule has 0 amide bonds. The monoisotopic (exact) mass is 147 g/mol. The van der Waals surface area contributed by atoms with Crippen molar-refractivity contribution in [3.8, 4) is 0 Å². The smallest absolute Gasteiger partial charge is 0.00331 e. The first-order valence-electron chi connectivity index (χ1n) is 4.48. The largest absolute Gasteiger partial charge is 0.317 e. The van der Waals surface area contributed by atoms with E-state index in [0.29, 0.717) is 6.04 Å². The predicted octanol–water partition coefficient (Wildman–Crippen LogP) is 3.06. The third kappa shape index (κ3) is 24.6. The average Bonchev–Trinajstić information content (AvgIpc) is 2.10. The Balaban J connectivity index is -0.000000105. The van der Waals surface area contributed by atoms with E-state index in [1.807, 2.05) is 34.7 Å². The van der Waals surface area contributed by atoms with E-state index in [2.05, 4.69) is 19.2 Å². The van der Waals surface area contributed by atoms with Crippen LogP contribution >= 0.6 is 0 Å². The molecule has 0 spiro atoms. The van der Waals surface area contributed by atoms with Gasteiger partial charge in [0.1, 0.15) is 0 Å². The molecule has 0 heterocycles. The van der Waals surface area contributed by atoms with Crippen molar-refractivity contribution in [2.24, 2.45) is 0 Å². The highest BCUT2D eigenvalue weighted by Crippen LogP contribution is 1.82. The third-order valence-electron chi connectivity index (χ3n) is 1.11. The first-order chi connectivity index (χ1) is 4.81. The van der Waals surface area contributed by atoms with Crippen LogP contribution in [0.4, 0.5) is 0 Å². The summed E-state index contributed by atoms with van der Waals surface area (Å²) in [6.07, 6.45) is 1.22. The van der Waals surface area contributed by atoms with Crippen molar-refractivity contribution in [1.29, 1.82) is 0 Å². The molecule has 0 bridgehead atoms. The third-order valence-corrected chi connectivity index (χ3v) is 1.11. The zero-order chi connectivity index (χ0) is 8.99. The molecule has 0 rings (SSSR count). The van der Waals surface area contributed by atoms with Crippen LogP contribution in [0.1, 0.15) is 48.0 Å². The Morgan fingerprint density at radius 1 is 1.10 bits per heavy atom. The van der Waals surface area contributed by atoms with Crippen molar-refractivity contribution >= 4 is 0 Å². The van der Waals surface area contributed by atoms with Crippen molar-refractivity contribution in [2.75, 3.05) is 7.05 Å². The molecule has 10 heavy (non-hydrogen) atoms.